The number of carbonyl (C=O) groups is 2. The van der Waals surface area contributed by atoms with Crippen molar-refractivity contribution in [2.45, 2.75) is 84.2 Å². The molecule has 0 saturated carbocycles. The molecule has 0 aliphatic carbocycles. The number of unbranched alkanes of at least 4 members (excludes halogenated alkanes) is 6. The van der Waals surface area contributed by atoms with Crippen LogP contribution in [0.4, 0.5) is 0 Å². The number of benzene rings is 1. The molecule has 0 fully saturated rings. The van der Waals surface area contributed by atoms with E-state index >= 15 is 0 Å². The SMILES string of the molecule is CCCCCCCC(=O)NCCCCCNC(=O)CCn1c(CN(C)NC)cc2ccccc21. The van der Waals surface area contributed by atoms with E-state index in [1.54, 1.807) is 0 Å². The van der Waals surface area contributed by atoms with Crippen molar-refractivity contribution in [1.29, 1.82) is 0 Å². The van der Waals surface area contributed by atoms with Crippen LogP contribution in [0.25, 0.3) is 10.9 Å². The number of nitrogens with one attached hydrogen (secondary N) is 3. The van der Waals surface area contributed by atoms with Crippen LogP contribution in [0.3, 0.4) is 0 Å². The summed E-state index contributed by atoms with van der Waals surface area (Å²) in [5, 5.41) is 9.28. The van der Waals surface area contributed by atoms with Crippen LogP contribution in [0.15, 0.2) is 30.3 Å². The summed E-state index contributed by atoms with van der Waals surface area (Å²) in [5.41, 5.74) is 5.49. The largest absolute Gasteiger partial charge is 0.356 e. The fourth-order valence-electron chi connectivity index (χ4n) is 4.15. The van der Waals surface area contributed by atoms with Gasteiger partial charge in [0.05, 0.1) is 6.54 Å². The van der Waals surface area contributed by atoms with Gasteiger partial charge in [0, 0.05) is 50.7 Å². The zero-order valence-electron chi connectivity index (χ0n) is 21.5. The lowest BCUT2D eigenvalue weighted by Gasteiger charge is -2.17. The van der Waals surface area contributed by atoms with Crippen LogP contribution in [0.2, 0.25) is 0 Å². The fourth-order valence-corrected chi connectivity index (χ4v) is 4.15. The Hall–Kier alpha value is -2.38. The molecule has 0 aliphatic heterocycles. The molecule has 1 aromatic carbocycles. The first kappa shape index (κ1) is 27.9. The molecule has 2 amide bonds. The quantitative estimate of drug-likeness (QED) is 0.223. The topological polar surface area (TPSA) is 78.4 Å². The minimum atomic E-state index is 0.0853. The highest BCUT2D eigenvalue weighted by molar-refractivity contribution is 5.82. The van der Waals surface area contributed by atoms with Crippen molar-refractivity contribution in [3.63, 3.8) is 0 Å². The van der Waals surface area contributed by atoms with Gasteiger partial charge >= 0.3 is 0 Å². The standard InChI is InChI=1S/C27H45N5O2/c1-4-5-6-7-9-16-26(33)29-18-12-8-13-19-30-27(34)17-20-32-24(22-31(3)28-2)21-23-14-10-11-15-25(23)32/h10-11,14-15,21,28H,4-9,12-13,16-20,22H2,1-3H3,(H,29,33)(H,30,34). The molecular formula is C27H45N5O2. The number of hydrogen-bond donors (Lipinski definition) is 3. The lowest BCUT2D eigenvalue weighted by molar-refractivity contribution is -0.122. The normalized spacial score (nSPS) is 11.3. The van der Waals surface area contributed by atoms with Gasteiger partial charge in [-0.25, -0.2) is 5.01 Å². The first-order valence-corrected chi connectivity index (χ1v) is 13.0. The summed E-state index contributed by atoms with van der Waals surface area (Å²) >= 11 is 0. The minimum Gasteiger partial charge on any atom is -0.356 e. The van der Waals surface area contributed by atoms with Gasteiger partial charge in [0.25, 0.3) is 0 Å². The first-order chi connectivity index (χ1) is 16.5. The van der Waals surface area contributed by atoms with Crippen molar-refractivity contribution in [3.8, 4) is 0 Å². The lowest BCUT2D eigenvalue weighted by atomic mass is 10.1. The first-order valence-electron chi connectivity index (χ1n) is 13.0. The van der Waals surface area contributed by atoms with E-state index in [4.69, 9.17) is 0 Å². The Morgan fingerprint density at radius 3 is 2.24 bits per heavy atom. The molecular weight excluding hydrogens is 426 g/mol. The molecule has 34 heavy (non-hydrogen) atoms. The zero-order valence-corrected chi connectivity index (χ0v) is 21.5. The molecule has 0 radical (unpaired) electrons. The highest BCUT2D eigenvalue weighted by Crippen LogP contribution is 2.21. The molecule has 0 aliphatic rings. The second-order valence-electron chi connectivity index (χ2n) is 9.10. The van der Waals surface area contributed by atoms with Gasteiger partial charge in [0.1, 0.15) is 0 Å². The number of rotatable bonds is 18. The summed E-state index contributed by atoms with van der Waals surface area (Å²) in [6.45, 7) is 5.04. The van der Waals surface area contributed by atoms with E-state index in [9.17, 15) is 9.59 Å². The number of hydrogen-bond acceptors (Lipinski definition) is 4. The van der Waals surface area contributed by atoms with Crippen molar-refractivity contribution in [2.75, 3.05) is 27.2 Å². The number of carbonyl (C=O) groups excluding carboxylic acids is 2. The van der Waals surface area contributed by atoms with E-state index in [0.717, 1.165) is 50.7 Å². The molecule has 0 unspecified atom stereocenters. The van der Waals surface area contributed by atoms with E-state index in [0.29, 0.717) is 25.9 Å². The molecule has 0 atom stereocenters. The molecule has 7 heteroatoms. The lowest BCUT2D eigenvalue weighted by Crippen LogP contribution is -2.31. The van der Waals surface area contributed by atoms with Crippen molar-refractivity contribution in [1.82, 2.24) is 25.6 Å². The van der Waals surface area contributed by atoms with Crippen molar-refractivity contribution >= 4 is 22.7 Å². The van der Waals surface area contributed by atoms with E-state index in [1.165, 1.54) is 30.3 Å². The van der Waals surface area contributed by atoms with E-state index in [2.05, 4.69) is 45.7 Å². The van der Waals surface area contributed by atoms with Crippen LogP contribution < -0.4 is 16.1 Å². The summed E-state index contributed by atoms with van der Waals surface area (Å²) < 4.78 is 2.25. The van der Waals surface area contributed by atoms with Crippen LogP contribution in [-0.2, 0) is 22.7 Å². The smallest absolute Gasteiger partial charge is 0.221 e. The van der Waals surface area contributed by atoms with Crippen molar-refractivity contribution < 1.29 is 9.59 Å². The molecule has 0 bridgehead atoms. The number of aryl methyl sites for hydroxylation is 1. The maximum atomic E-state index is 12.4. The summed E-state index contributed by atoms with van der Waals surface area (Å²) in [6.07, 6.45) is 9.85. The maximum absolute atomic E-state index is 12.4. The number of fused-ring (bicyclic) bond motifs is 1. The van der Waals surface area contributed by atoms with Gasteiger partial charge in [0.2, 0.25) is 11.8 Å². The van der Waals surface area contributed by atoms with Crippen LogP contribution in [0.5, 0.6) is 0 Å². The molecule has 0 spiro atoms. The fraction of sp³-hybridized carbons (Fsp3) is 0.630. The second kappa shape index (κ2) is 16.3. The number of aromatic nitrogens is 1. The van der Waals surface area contributed by atoms with Crippen LogP contribution >= 0.6 is 0 Å². The summed E-state index contributed by atoms with van der Waals surface area (Å²) in [5.74, 6) is 0.254. The average molecular weight is 472 g/mol. The average Bonchev–Trinajstić information content (AvgIpc) is 3.18. The molecule has 1 heterocycles. The van der Waals surface area contributed by atoms with Gasteiger partial charge in [-0.3, -0.25) is 15.0 Å². The van der Waals surface area contributed by atoms with Gasteiger partial charge in [0.15, 0.2) is 0 Å². The number of amides is 2. The Morgan fingerprint density at radius 2 is 1.53 bits per heavy atom. The van der Waals surface area contributed by atoms with Crippen LogP contribution in [0.1, 0.15) is 76.8 Å². The molecule has 1 aromatic heterocycles. The molecule has 190 valence electrons. The third kappa shape index (κ3) is 10.3. The molecule has 2 aromatic rings. The number of nitrogens with zero attached hydrogens (tertiary/aromatic N) is 2. The molecule has 3 N–H and O–H groups in total. The Balaban J connectivity index is 1.60. The summed E-state index contributed by atoms with van der Waals surface area (Å²) in [4.78, 5) is 24.2. The van der Waals surface area contributed by atoms with E-state index < -0.39 is 0 Å². The predicted octanol–water partition coefficient (Wildman–Crippen LogP) is 4.36. The van der Waals surface area contributed by atoms with Crippen molar-refractivity contribution in [2.24, 2.45) is 0 Å². The Morgan fingerprint density at radius 1 is 0.882 bits per heavy atom. The summed E-state index contributed by atoms with van der Waals surface area (Å²) in [7, 11) is 3.92. The Kier molecular flexibility index (Phi) is 13.3. The monoisotopic (exact) mass is 471 g/mol. The van der Waals surface area contributed by atoms with Crippen molar-refractivity contribution in [3.05, 3.63) is 36.0 Å². The highest BCUT2D eigenvalue weighted by Gasteiger charge is 2.11. The second-order valence-corrected chi connectivity index (χ2v) is 9.10. The van der Waals surface area contributed by atoms with Gasteiger partial charge < -0.3 is 15.2 Å². The van der Waals surface area contributed by atoms with Crippen LogP contribution in [0, 0.1) is 0 Å². The maximum Gasteiger partial charge on any atom is 0.221 e. The highest BCUT2D eigenvalue weighted by atomic mass is 16.2. The van der Waals surface area contributed by atoms with Crippen LogP contribution in [-0.4, -0.2) is 48.6 Å². The minimum absolute atomic E-state index is 0.0853. The number of para-hydroxylation sites is 1. The summed E-state index contributed by atoms with van der Waals surface area (Å²) in [6, 6.07) is 10.5. The third-order valence-electron chi connectivity index (χ3n) is 6.25. The third-order valence-corrected chi connectivity index (χ3v) is 6.25. The predicted molar refractivity (Wildman–Crippen MR) is 140 cm³/mol. The molecule has 2 rings (SSSR count). The van der Waals surface area contributed by atoms with Gasteiger partial charge in [-0.15, -0.1) is 0 Å². The van der Waals surface area contributed by atoms with Gasteiger partial charge in [-0.05, 0) is 50.2 Å². The Labute approximate surface area is 205 Å². The molecule has 0 saturated heterocycles. The zero-order chi connectivity index (χ0) is 24.6. The van der Waals surface area contributed by atoms with E-state index in [-0.39, 0.29) is 11.8 Å². The molecule has 7 nitrogen and oxygen atoms in total. The number of hydrazine groups is 1. The Bertz CT molecular complexity index is 864. The van der Waals surface area contributed by atoms with E-state index in [1.807, 2.05) is 31.2 Å². The van der Waals surface area contributed by atoms with Gasteiger partial charge in [-0.2, -0.15) is 0 Å². The van der Waals surface area contributed by atoms with Gasteiger partial charge in [-0.1, -0.05) is 50.8 Å².